The van der Waals surface area contributed by atoms with E-state index in [1.807, 2.05) is 0 Å². The number of benzene rings is 2. The number of aromatic carboxylic acids is 1. The topological polar surface area (TPSA) is 98.0 Å². The van der Waals surface area contributed by atoms with Crippen LogP contribution in [0.25, 0.3) is 10.8 Å². The van der Waals surface area contributed by atoms with Crippen molar-refractivity contribution in [1.29, 1.82) is 0 Å². The molecule has 2 aromatic rings. The molecule has 82 valence electrons. The number of hydrogen-bond donors (Lipinski definition) is 4. The van der Waals surface area contributed by atoms with Gasteiger partial charge in [-0.3, -0.25) is 0 Å². The van der Waals surface area contributed by atoms with Crippen LogP contribution in [0.1, 0.15) is 10.4 Å². The number of phenolic OH excluding ortho intramolecular Hbond substituents is 2. The van der Waals surface area contributed by atoms with E-state index >= 15 is 0 Å². The molecule has 0 aliphatic rings. The fourth-order valence-electron chi connectivity index (χ4n) is 1.62. The summed E-state index contributed by atoms with van der Waals surface area (Å²) in [7, 11) is 0. The molecule has 0 fully saturated rings. The van der Waals surface area contributed by atoms with Gasteiger partial charge in [-0.05, 0) is 17.5 Å². The van der Waals surface area contributed by atoms with Crippen molar-refractivity contribution in [2.45, 2.75) is 0 Å². The standard InChI is InChI=1S/C11H8O5/c12-6-3-1-2-5-4-7(13)10(14)9(8(5)6)11(15)16/h1-4,12-14H,(H,15,16). The number of carbonyl (C=O) groups is 1. The summed E-state index contributed by atoms with van der Waals surface area (Å²) in [5.74, 6) is -2.96. The molecule has 0 atom stereocenters. The molecule has 0 aromatic heterocycles. The van der Waals surface area contributed by atoms with Gasteiger partial charge in [-0.2, -0.15) is 0 Å². The van der Waals surface area contributed by atoms with E-state index in [9.17, 15) is 20.1 Å². The van der Waals surface area contributed by atoms with Crippen molar-refractivity contribution in [1.82, 2.24) is 0 Å². The summed E-state index contributed by atoms with van der Waals surface area (Å²) in [5, 5.41) is 37.6. The van der Waals surface area contributed by atoms with Crippen molar-refractivity contribution >= 4 is 16.7 Å². The third-order valence-electron chi connectivity index (χ3n) is 2.31. The lowest BCUT2D eigenvalue weighted by molar-refractivity contribution is 0.0695. The van der Waals surface area contributed by atoms with Crippen LogP contribution in [0.15, 0.2) is 24.3 Å². The van der Waals surface area contributed by atoms with E-state index in [1.165, 1.54) is 24.3 Å². The summed E-state index contributed by atoms with van der Waals surface area (Å²) in [6, 6.07) is 5.54. The van der Waals surface area contributed by atoms with Gasteiger partial charge in [0.05, 0.1) is 0 Å². The maximum absolute atomic E-state index is 11.0. The lowest BCUT2D eigenvalue weighted by atomic mass is 10.0. The Labute approximate surface area is 89.8 Å². The zero-order valence-electron chi connectivity index (χ0n) is 8.01. The van der Waals surface area contributed by atoms with E-state index in [4.69, 9.17) is 5.11 Å². The molecular formula is C11H8O5. The summed E-state index contributed by atoms with van der Waals surface area (Å²) in [6.07, 6.45) is 0. The molecule has 0 radical (unpaired) electrons. The Morgan fingerprint density at radius 1 is 1.06 bits per heavy atom. The average Bonchev–Trinajstić information content (AvgIpc) is 2.20. The maximum atomic E-state index is 11.0. The van der Waals surface area contributed by atoms with E-state index < -0.39 is 23.0 Å². The smallest absolute Gasteiger partial charge is 0.340 e. The van der Waals surface area contributed by atoms with Gasteiger partial charge in [0.2, 0.25) is 0 Å². The van der Waals surface area contributed by atoms with Gasteiger partial charge < -0.3 is 20.4 Å². The Bertz CT molecular complexity index is 588. The van der Waals surface area contributed by atoms with E-state index in [-0.39, 0.29) is 11.1 Å². The van der Waals surface area contributed by atoms with Gasteiger partial charge in [0.1, 0.15) is 11.3 Å². The minimum Gasteiger partial charge on any atom is -0.507 e. The molecule has 2 aromatic carbocycles. The monoisotopic (exact) mass is 220 g/mol. The molecule has 0 aliphatic carbocycles. The number of hydrogen-bond acceptors (Lipinski definition) is 4. The molecule has 2 rings (SSSR count). The molecule has 0 heterocycles. The highest BCUT2D eigenvalue weighted by Gasteiger charge is 2.20. The van der Waals surface area contributed by atoms with E-state index in [1.54, 1.807) is 0 Å². The van der Waals surface area contributed by atoms with Crippen LogP contribution >= 0.6 is 0 Å². The highest BCUT2D eigenvalue weighted by molar-refractivity contribution is 6.09. The second-order valence-corrected chi connectivity index (χ2v) is 3.30. The molecule has 5 nitrogen and oxygen atoms in total. The molecule has 0 amide bonds. The summed E-state index contributed by atoms with van der Waals surface area (Å²) >= 11 is 0. The van der Waals surface area contributed by atoms with E-state index in [2.05, 4.69) is 0 Å². The van der Waals surface area contributed by atoms with Gasteiger partial charge in [-0.25, -0.2) is 4.79 Å². The van der Waals surface area contributed by atoms with Crippen LogP contribution in [0.4, 0.5) is 0 Å². The number of carboxylic acids is 1. The van der Waals surface area contributed by atoms with Gasteiger partial charge in [0.15, 0.2) is 11.5 Å². The molecule has 4 N–H and O–H groups in total. The van der Waals surface area contributed by atoms with Gasteiger partial charge in [0.25, 0.3) is 0 Å². The molecule has 0 unspecified atom stereocenters. The Hall–Kier alpha value is -2.43. The van der Waals surface area contributed by atoms with Crippen molar-refractivity contribution in [3.8, 4) is 17.2 Å². The average molecular weight is 220 g/mol. The first kappa shape index (κ1) is 10.1. The fourth-order valence-corrected chi connectivity index (χ4v) is 1.62. The highest BCUT2D eigenvalue weighted by atomic mass is 16.4. The van der Waals surface area contributed by atoms with Crippen LogP contribution in [-0.4, -0.2) is 26.4 Å². The molecular weight excluding hydrogens is 212 g/mol. The Morgan fingerprint density at radius 3 is 2.38 bits per heavy atom. The number of rotatable bonds is 1. The number of aromatic hydroxyl groups is 3. The van der Waals surface area contributed by atoms with Crippen LogP contribution < -0.4 is 0 Å². The summed E-state index contributed by atoms with van der Waals surface area (Å²) in [6.45, 7) is 0. The van der Waals surface area contributed by atoms with Gasteiger partial charge in [-0.1, -0.05) is 12.1 Å². The second kappa shape index (κ2) is 3.30. The maximum Gasteiger partial charge on any atom is 0.340 e. The summed E-state index contributed by atoms with van der Waals surface area (Å²) in [5.41, 5.74) is -0.506. The van der Waals surface area contributed by atoms with Crippen LogP contribution in [0.5, 0.6) is 17.2 Å². The molecule has 16 heavy (non-hydrogen) atoms. The first-order valence-corrected chi connectivity index (χ1v) is 4.42. The van der Waals surface area contributed by atoms with E-state index in [0.29, 0.717) is 5.39 Å². The lowest BCUT2D eigenvalue weighted by Crippen LogP contribution is -1.98. The van der Waals surface area contributed by atoms with Crippen LogP contribution in [0.3, 0.4) is 0 Å². The first-order valence-electron chi connectivity index (χ1n) is 4.42. The summed E-state index contributed by atoms with van der Waals surface area (Å²) in [4.78, 5) is 11.0. The predicted molar refractivity (Wildman–Crippen MR) is 55.9 cm³/mol. The van der Waals surface area contributed by atoms with Crippen LogP contribution in [0, 0.1) is 0 Å². The Balaban J connectivity index is 3.03. The number of phenols is 3. The number of carboxylic acid groups (broad SMARTS) is 1. The minimum absolute atomic E-state index is 0.00491. The fraction of sp³-hybridized carbons (Fsp3) is 0. The predicted octanol–water partition coefficient (Wildman–Crippen LogP) is 1.65. The minimum atomic E-state index is -1.42. The second-order valence-electron chi connectivity index (χ2n) is 3.30. The van der Waals surface area contributed by atoms with Gasteiger partial charge >= 0.3 is 5.97 Å². The van der Waals surface area contributed by atoms with Crippen molar-refractivity contribution < 1.29 is 25.2 Å². The lowest BCUT2D eigenvalue weighted by Gasteiger charge is -2.08. The van der Waals surface area contributed by atoms with Crippen LogP contribution in [0.2, 0.25) is 0 Å². The number of fused-ring (bicyclic) bond motifs is 1. The van der Waals surface area contributed by atoms with Crippen LogP contribution in [-0.2, 0) is 0 Å². The first-order chi connectivity index (χ1) is 7.52. The van der Waals surface area contributed by atoms with E-state index in [0.717, 1.165) is 0 Å². The van der Waals surface area contributed by atoms with Crippen molar-refractivity contribution in [2.24, 2.45) is 0 Å². The quantitative estimate of drug-likeness (QED) is 0.548. The van der Waals surface area contributed by atoms with Crippen molar-refractivity contribution in [3.05, 3.63) is 29.8 Å². The van der Waals surface area contributed by atoms with Gasteiger partial charge in [0, 0.05) is 5.39 Å². The third kappa shape index (κ3) is 1.30. The molecule has 5 heteroatoms. The third-order valence-corrected chi connectivity index (χ3v) is 2.31. The SMILES string of the molecule is O=C(O)c1c(O)c(O)cc2cccc(O)c12. The van der Waals surface area contributed by atoms with Gasteiger partial charge in [-0.15, -0.1) is 0 Å². The molecule has 0 spiro atoms. The Morgan fingerprint density at radius 2 is 1.75 bits per heavy atom. The Kier molecular flexibility index (Phi) is 2.09. The van der Waals surface area contributed by atoms with Crippen molar-refractivity contribution in [3.63, 3.8) is 0 Å². The largest absolute Gasteiger partial charge is 0.507 e. The molecule has 0 saturated carbocycles. The zero-order valence-corrected chi connectivity index (χ0v) is 8.01. The summed E-state index contributed by atoms with van der Waals surface area (Å²) < 4.78 is 0. The normalized spacial score (nSPS) is 10.5. The molecule has 0 saturated heterocycles. The zero-order chi connectivity index (χ0) is 11.9. The highest BCUT2D eigenvalue weighted by Crippen LogP contribution is 2.39. The van der Waals surface area contributed by atoms with Crippen molar-refractivity contribution in [2.75, 3.05) is 0 Å². The molecule has 0 aliphatic heterocycles. The molecule has 0 bridgehead atoms.